The number of rotatable bonds is 69. The summed E-state index contributed by atoms with van der Waals surface area (Å²) in [5, 5.41) is 10.6. The third-order valence-corrected chi connectivity index (χ3v) is 18.3. The van der Waals surface area contributed by atoms with Crippen molar-refractivity contribution in [3.05, 3.63) is 0 Å². The zero-order chi connectivity index (χ0) is 66.6. The lowest BCUT2D eigenvalue weighted by Gasteiger charge is -2.21. The maximum Gasteiger partial charge on any atom is 0.472 e. The molecule has 0 heterocycles. The maximum atomic E-state index is 13.0. The quantitative estimate of drug-likeness (QED) is 0.0222. The first-order chi connectivity index (χ1) is 43.2. The van der Waals surface area contributed by atoms with E-state index in [-0.39, 0.29) is 25.7 Å². The van der Waals surface area contributed by atoms with Gasteiger partial charge in [-0.3, -0.25) is 37.3 Å². The number of hydrogen-bond donors (Lipinski definition) is 3. The van der Waals surface area contributed by atoms with Crippen molar-refractivity contribution >= 4 is 39.5 Å². The van der Waals surface area contributed by atoms with Gasteiger partial charge in [0.15, 0.2) is 12.2 Å². The first-order valence-electron chi connectivity index (χ1n) is 36.8. The second-order valence-electron chi connectivity index (χ2n) is 27.1. The highest BCUT2D eigenvalue weighted by atomic mass is 31.2. The Kier molecular flexibility index (Phi) is 60.6. The Hall–Kier alpha value is -1.94. The number of carbonyl (C=O) groups excluding carboxylic acids is 4. The Balaban J connectivity index is 5.25. The van der Waals surface area contributed by atoms with Crippen LogP contribution >= 0.6 is 15.6 Å². The lowest BCUT2D eigenvalue weighted by molar-refractivity contribution is -0.161. The molecule has 0 aliphatic rings. The van der Waals surface area contributed by atoms with Gasteiger partial charge in [-0.2, -0.15) is 0 Å². The minimum absolute atomic E-state index is 0.104. The van der Waals surface area contributed by atoms with Gasteiger partial charge in [0.1, 0.15) is 19.3 Å². The molecule has 19 heteroatoms. The summed E-state index contributed by atoms with van der Waals surface area (Å²) in [7, 11) is -9.90. The topological polar surface area (TPSA) is 237 Å². The lowest BCUT2D eigenvalue weighted by atomic mass is 10.0. The lowest BCUT2D eigenvalue weighted by Crippen LogP contribution is -2.30. The summed E-state index contributed by atoms with van der Waals surface area (Å²) in [6.45, 7) is 11.8. The van der Waals surface area contributed by atoms with Crippen LogP contribution in [-0.2, 0) is 65.4 Å². The van der Waals surface area contributed by atoms with E-state index >= 15 is 0 Å². The van der Waals surface area contributed by atoms with Gasteiger partial charge in [-0.1, -0.05) is 305 Å². The number of aliphatic hydroxyl groups is 1. The molecular formula is C71H138O17P2. The summed E-state index contributed by atoms with van der Waals surface area (Å²) < 4.78 is 68.3. The monoisotopic (exact) mass is 1320 g/mol. The van der Waals surface area contributed by atoms with Crippen LogP contribution in [0.25, 0.3) is 0 Å². The van der Waals surface area contributed by atoms with Crippen molar-refractivity contribution in [2.75, 3.05) is 39.6 Å². The van der Waals surface area contributed by atoms with Gasteiger partial charge in [-0.05, 0) is 43.4 Å². The van der Waals surface area contributed by atoms with Crippen molar-refractivity contribution in [3.8, 4) is 0 Å². The van der Waals surface area contributed by atoms with Gasteiger partial charge in [0, 0.05) is 25.7 Å². The minimum Gasteiger partial charge on any atom is -0.462 e. The second-order valence-corrected chi connectivity index (χ2v) is 30.0. The van der Waals surface area contributed by atoms with E-state index in [1.54, 1.807) is 0 Å². The molecule has 0 bridgehead atoms. The van der Waals surface area contributed by atoms with E-state index in [0.717, 1.165) is 108 Å². The van der Waals surface area contributed by atoms with Crippen molar-refractivity contribution < 1.29 is 80.2 Å². The zero-order valence-electron chi connectivity index (χ0n) is 58.6. The van der Waals surface area contributed by atoms with E-state index < -0.39 is 97.5 Å². The van der Waals surface area contributed by atoms with Crippen LogP contribution in [0.3, 0.4) is 0 Å². The van der Waals surface area contributed by atoms with Crippen LogP contribution in [0.4, 0.5) is 0 Å². The van der Waals surface area contributed by atoms with E-state index in [4.69, 9.17) is 37.0 Å². The highest BCUT2D eigenvalue weighted by Crippen LogP contribution is 2.45. The van der Waals surface area contributed by atoms with Crippen LogP contribution in [-0.4, -0.2) is 96.7 Å². The molecule has 2 unspecified atom stereocenters. The fraction of sp³-hybridized carbons (Fsp3) is 0.944. The third kappa shape index (κ3) is 64.8. The Morgan fingerprint density at radius 3 is 0.756 bits per heavy atom. The van der Waals surface area contributed by atoms with Gasteiger partial charge in [-0.15, -0.1) is 0 Å². The second kappa shape index (κ2) is 61.9. The molecule has 3 N–H and O–H groups in total. The number of phosphoric ester groups is 2. The van der Waals surface area contributed by atoms with E-state index in [0.29, 0.717) is 25.7 Å². The van der Waals surface area contributed by atoms with Crippen LogP contribution in [0, 0.1) is 17.8 Å². The average molecular weight is 1330 g/mol. The van der Waals surface area contributed by atoms with E-state index in [1.165, 1.54) is 167 Å². The molecule has 0 amide bonds. The number of hydrogen-bond acceptors (Lipinski definition) is 15. The van der Waals surface area contributed by atoms with Crippen molar-refractivity contribution in [2.45, 2.75) is 375 Å². The molecule has 0 aromatic rings. The molecule has 534 valence electrons. The van der Waals surface area contributed by atoms with Crippen molar-refractivity contribution in [3.63, 3.8) is 0 Å². The molecule has 17 nitrogen and oxygen atoms in total. The van der Waals surface area contributed by atoms with E-state index in [9.17, 15) is 43.2 Å². The van der Waals surface area contributed by atoms with Crippen LogP contribution < -0.4 is 0 Å². The normalized spacial score (nSPS) is 14.2. The van der Waals surface area contributed by atoms with E-state index in [1.807, 2.05) is 0 Å². The minimum atomic E-state index is -4.95. The Bertz CT molecular complexity index is 1770. The van der Waals surface area contributed by atoms with Crippen LogP contribution in [0.15, 0.2) is 0 Å². The molecule has 0 aliphatic carbocycles. The molecule has 0 spiro atoms. The molecule has 0 radical (unpaired) electrons. The Morgan fingerprint density at radius 2 is 0.511 bits per heavy atom. The third-order valence-electron chi connectivity index (χ3n) is 16.4. The smallest absolute Gasteiger partial charge is 0.462 e. The van der Waals surface area contributed by atoms with Crippen LogP contribution in [0.2, 0.25) is 0 Å². The van der Waals surface area contributed by atoms with Crippen LogP contribution in [0.5, 0.6) is 0 Å². The summed E-state index contributed by atoms with van der Waals surface area (Å²) in [6, 6.07) is 0. The number of unbranched alkanes of at least 4 members (excludes halogenated alkanes) is 37. The molecule has 5 atom stereocenters. The van der Waals surface area contributed by atoms with Crippen molar-refractivity contribution in [1.82, 2.24) is 0 Å². The number of esters is 4. The largest absolute Gasteiger partial charge is 0.472 e. The van der Waals surface area contributed by atoms with Gasteiger partial charge in [-0.25, -0.2) is 9.13 Å². The Labute approximate surface area is 549 Å². The standard InChI is InChI=1S/C71H138O17P2/c1-8-9-10-11-12-13-23-31-38-45-52-68(73)81-59-67(88-71(76)55-48-41-34-27-26-30-37-44-51-64(6)7)61-86-90(79,80)84-57-65(72)56-83-89(77,78)85-60-66(58-82-69(74)53-46-39-32-24-20-16-18-22-29-36-43-50-63(4)5)87-70(75)54-47-40-33-25-19-15-14-17-21-28-35-42-49-62(2)3/h62-67,72H,8-61H2,1-7H3,(H,77,78)(H,79,80)/t65-,66-,67-/m1/s1. The molecular weight excluding hydrogens is 1190 g/mol. The number of carbonyl (C=O) groups is 4. The molecule has 0 aromatic carbocycles. The molecule has 0 saturated carbocycles. The summed E-state index contributed by atoms with van der Waals surface area (Å²) in [5.74, 6) is 0.140. The van der Waals surface area contributed by atoms with Crippen LogP contribution in [0.1, 0.15) is 357 Å². The highest BCUT2D eigenvalue weighted by Gasteiger charge is 2.30. The van der Waals surface area contributed by atoms with Crippen molar-refractivity contribution in [1.29, 1.82) is 0 Å². The molecule has 0 rings (SSSR count). The first kappa shape index (κ1) is 88.1. The fourth-order valence-corrected chi connectivity index (χ4v) is 12.3. The zero-order valence-corrected chi connectivity index (χ0v) is 60.4. The van der Waals surface area contributed by atoms with Gasteiger partial charge in [0.2, 0.25) is 0 Å². The van der Waals surface area contributed by atoms with Gasteiger partial charge in [0.25, 0.3) is 0 Å². The number of aliphatic hydroxyl groups excluding tert-OH is 1. The molecule has 0 aliphatic heterocycles. The summed E-state index contributed by atoms with van der Waals surface area (Å²) in [4.78, 5) is 72.6. The van der Waals surface area contributed by atoms with Gasteiger partial charge >= 0.3 is 39.5 Å². The summed E-state index contributed by atoms with van der Waals surface area (Å²) in [6.07, 6.45) is 45.8. The molecule has 0 saturated heterocycles. The number of phosphoric acid groups is 2. The highest BCUT2D eigenvalue weighted by molar-refractivity contribution is 7.47. The molecule has 90 heavy (non-hydrogen) atoms. The molecule has 0 fully saturated rings. The fourth-order valence-electron chi connectivity index (χ4n) is 10.7. The van der Waals surface area contributed by atoms with E-state index in [2.05, 4.69) is 48.5 Å². The predicted octanol–water partition coefficient (Wildman–Crippen LogP) is 20.2. The maximum absolute atomic E-state index is 13.0. The van der Waals surface area contributed by atoms with Gasteiger partial charge in [0.05, 0.1) is 26.4 Å². The van der Waals surface area contributed by atoms with Crippen molar-refractivity contribution in [2.24, 2.45) is 17.8 Å². The predicted molar refractivity (Wildman–Crippen MR) is 363 cm³/mol. The molecule has 0 aromatic heterocycles. The summed E-state index contributed by atoms with van der Waals surface area (Å²) >= 11 is 0. The Morgan fingerprint density at radius 1 is 0.300 bits per heavy atom. The first-order valence-corrected chi connectivity index (χ1v) is 39.8. The SMILES string of the molecule is CCCCCCCCCCCCC(=O)OC[C@H](COP(=O)(O)OC[C@H](O)COP(=O)(O)OC[C@@H](COC(=O)CCCCCCCCCCCCCC(C)C)OC(=O)CCCCCCCCCCCCCCC(C)C)OC(=O)CCCCCCCCCCC(C)C. The van der Waals surface area contributed by atoms with Gasteiger partial charge < -0.3 is 33.8 Å². The number of ether oxygens (including phenoxy) is 4. The summed E-state index contributed by atoms with van der Waals surface area (Å²) in [5.41, 5.74) is 0. The average Bonchev–Trinajstić information content (AvgIpc) is 3.28.